The summed E-state index contributed by atoms with van der Waals surface area (Å²) in [5, 5.41) is 14.5. The predicted octanol–water partition coefficient (Wildman–Crippen LogP) is 2.87. The third kappa shape index (κ3) is 3.67. The van der Waals surface area contributed by atoms with Crippen LogP contribution >= 0.6 is 15.9 Å². The average molecular weight is 331 g/mol. The molecule has 0 aromatic heterocycles. The molecule has 0 saturated heterocycles. The molecule has 1 aliphatic rings. The minimum absolute atomic E-state index is 0.0415. The maximum atomic E-state index is 13.5. The lowest BCUT2D eigenvalue weighted by Crippen LogP contribution is -2.41. The molecule has 1 aromatic carbocycles. The van der Waals surface area contributed by atoms with E-state index in [1.807, 2.05) is 0 Å². The zero-order valence-corrected chi connectivity index (χ0v) is 11.9. The van der Waals surface area contributed by atoms with Gasteiger partial charge in [-0.2, -0.15) is 0 Å². The molecule has 104 valence electrons. The topological polar surface area (TPSA) is 61.4 Å². The van der Waals surface area contributed by atoms with Crippen molar-refractivity contribution in [1.82, 2.24) is 5.32 Å². The van der Waals surface area contributed by atoms with E-state index >= 15 is 0 Å². The van der Waals surface area contributed by atoms with Gasteiger partial charge in [0.25, 0.3) is 0 Å². The maximum absolute atomic E-state index is 13.5. The van der Waals surface area contributed by atoms with Crippen molar-refractivity contribution in [2.24, 2.45) is 5.92 Å². The highest BCUT2D eigenvalue weighted by Gasteiger charge is 2.27. The number of aliphatic hydroxyl groups excluding tert-OH is 1. The average Bonchev–Trinajstić information content (AvgIpc) is 2.81. The van der Waals surface area contributed by atoms with E-state index in [0.29, 0.717) is 4.47 Å². The number of carbonyl (C=O) groups excluding carboxylic acids is 1. The van der Waals surface area contributed by atoms with Crippen LogP contribution < -0.4 is 10.6 Å². The van der Waals surface area contributed by atoms with Gasteiger partial charge in [0.05, 0.1) is 5.69 Å². The van der Waals surface area contributed by atoms with Gasteiger partial charge in [-0.15, -0.1) is 0 Å². The fraction of sp³-hybridized carbons (Fsp3) is 0.462. The number of aliphatic hydroxyl groups is 1. The van der Waals surface area contributed by atoms with Gasteiger partial charge in [0.2, 0.25) is 0 Å². The van der Waals surface area contributed by atoms with Crippen LogP contribution in [0.1, 0.15) is 19.3 Å². The molecule has 0 aliphatic heterocycles. The Bertz CT molecular complexity index is 470. The van der Waals surface area contributed by atoms with E-state index in [1.165, 1.54) is 12.1 Å². The first-order chi connectivity index (χ1) is 9.10. The van der Waals surface area contributed by atoms with Crippen LogP contribution in [0.2, 0.25) is 0 Å². The van der Waals surface area contributed by atoms with Gasteiger partial charge in [-0.25, -0.2) is 9.18 Å². The highest BCUT2D eigenvalue weighted by atomic mass is 79.9. The largest absolute Gasteiger partial charge is 0.396 e. The molecular weight excluding hydrogens is 315 g/mol. The number of hydrogen-bond donors (Lipinski definition) is 3. The summed E-state index contributed by atoms with van der Waals surface area (Å²) in [5.74, 6) is -0.387. The molecule has 1 aromatic rings. The van der Waals surface area contributed by atoms with Crippen molar-refractivity contribution in [2.75, 3.05) is 11.9 Å². The third-order valence-corrected chi connectivity index (χ3v) is 3.88. The first kappa shape index (κ1) is 14.3. The zero-order valence-electron chi connectivity index (χ0n) is 10.3. The van der Waals surface area contributed by atoms with Gasteiger partial charge in [0.1, 0.15) is 5.82 Å². The van der Waals surface area contributed by atoms with Crippen LogP contribution in [0.25, 0.3) is 0 Å². The van der Waals surface area contributed by atoms with E-state index in [1.54, 1.807) is 6.07 Å². The zero-order chi connectivity index (χ0) is 13.8. The van der Waals surface area contributed by atoms with Crippen LogP contribution in [0, 0.1) is 11.7 Å². The second-order valence-corrected chi connectivity index (χ2v) is 5.62. The lowest BCUT2D eigenvalue weighted by atomic mass is 10.1. The standard InChI is InChI=1S/C13H16BrFN2O2/c14-9-4-5-10(15)12(6-9)17-13(19)16-11-3-1-2-8(11)7-18/h4-6,8,11,18H,1-3,7H2,(H2,16,17,19)/t8-,11-/m1/s1. The number of halogens is 2. The van der Waals surface area contributed by atoms with Crippen LogP contribution in [-0.2, 0) is 0 Å². The number of nitrogens with one attached hydrogen (secondary N) is 2. The minimum atomic E-state index is -0.483. The lowest BCUT2D eigenvalue weighted by Gasteiger charge is -2.19. The Morgan fingerprint density at radius 2 is 2.26 bits per heavy atom. The normalized spacial score (nSPS) is 22.3. The summed E-state index contributed by atoms with van der Waals surface area (Å²) >= 11 is 3.22. The van der Waals surface area contributed by atoms with Crippen molar-refractivity contribution in [3.63, 3.8) is 0 Å². The molecule has 0 bridgehead atoms. The molecule has 1 saturated carbocycles. The Hall–Kier alpha value is -1.14. The van der Waals surface area contributed by atoms with Crippen molar-refractivity contribution in [3.8, 4) is 0 Å². The Kier molecular flexibility index (Phi) is 4.76. The number of urea groups is 1. The molecule has 1 aliphatic carbocycles. The molecule has 2 amide bonds. The summed E-state index contributed by atoms with van der Waals surface area (Å²) in [7, 11) is 0. The number of carbonyl (C=O) groups is 1. The minimum Gasteiger partial charge on any atom is -0.396 e. The van der Waals surface area contributed by atoms with Gasteiger partial charge in [-0.3, -0.25) is 0 Å². The second kappa shape index (κ2) is 6.34. The second-order valence-electron chi connectivity index (χ2n) is 4.70. The number of rotatable bonds is 3. The Balaban J connectivity index is 1.95. The van der Waals surface area contributed by atoms with Crippen LogP contribution in [-0.4, -0.2) is 23.8 Å². The molecule has 0 radical (unpaired) electrons. The van der Waals surface area contributed by atoms with Crippen molar-refractivity contribution >= 4 is 27.6 Å². The molecule has 19 heavy (non-hydrogen) atoms. The number of hydrogen-bond acceptors (Lipinski definition) is 2. The smallest absolute Gasteiger partial charge is 0.319 e. The first-order valence-electron chi connectivity index (χ1n) is 6.23. The van der Waals surface area contributed by atoms with Crippen LogP contribution in [0.4, 0.5) is 14.9 Å². The van der Waals surface area contributed by atoms with Crippen LogP contribution in [0.3, 0.4) is 0 Å². The van der Waals surface area contributed by atoms with Gasteiger partial charge < -0.3 is 15.7 Å². The molecule has 1 fully saturated rings. The van der Waals surface area contributed by atoms with Crippen LogP contribution in [0.15, 0.2) is 22.7 Å². The summed E-state index contributed by atoms with van der Waals surface area (Å²) in [6.45, 7) is 0.0657. The number of anilines is 1. The van der Waals surface area contributed by atoms with E-state index in [-0.39, 0.29) is 24.3 Å². The van der Waals surface area contributed by atoms with Crippen LogP contribution in [0.5, 0.6) is 0 Å². The fourth-order valence-electron chi connectivity index (χ4n) is 2.37. The molecule has 6 heteroatoms. The number of benzene rings is 1. The summed E-state index contributed by atoms with van der Waals surface area (Å²) in [6, 6.07) is 3.87. The molecule has 3 N–H and O–H groups in total. The van der Waals surface area contributed by atoms with Crippen molar-refractivity contribution in [1.29, 1.82) is 0 Å². The lowest BCUT2D eigenvalue weighted by molar-refractivity contribution is 0.203. The van der Waals surface area contributed by atoms with Gasteiger partial charge >= 0.3 is 6.03 Å². The Labute approximate surface area is 119 Å². The molecule has 4 nitrogen and oxygen atoms in total. The van der Waals surface area contributed by atoms with E-state index in [9.17, 15) is 14.3 Å². The molecule has 0 heterocycles. The molecule has 0 unspecified atom stereocenters. The summed E-state index contributed by atoms with van der Waals surface area (Å²) in [5.41, 5.74) is 0.130. The molecule has 2 rings (SSSR count). The van der Waals surface area contributed by atoms with E-state index in [0.717, 1.165) is 19.3 Å². The predicted molar refractivity (Wildman–Crippen MR) is 74.5 cm³/mol. The maximum Gasteiger partial charge on any atom is 0.319 e. The third-order valence-electron chi connectivity index (χ3n) is 3.39. The van der Waals surface area contributed by atoms with E-state index < -0.39 is 11.8 Å². The van der Waals surface area contributed by atoms with Crippen molar-refractivity contribution in [2.45, 2.75) is 25.3 Å². The van der Waals surface area contributed by atoms with Gasteiger partial charge in [-0.05, 0) is 31.0 Å². The van der Waals surface area contributed by atoms with E-state index in [4.69, 9.17) is 0 Å². The first-order valence-corrected chi connectivity index (χ1v) is 7.03. The van der Waals surface area contributed by atoms with Gasteiger partial charge in [0, 0.05) is 23.0 Å². The molecule has 2 atom stereocenters. The summed E-state index contributed by atoms with van der Waals surface area (Å²) < 4.78 is 14.2. The van der Waals surface area contributed by atoms with Crippen molar-refractivity contribution < 1.29 is 14.3 Å². The highest BCUT2D eigenvalue weighted by molar-refractivity contribution is 9.10. The SMILES string of the molecule is O=C(Nc1cc(Br)ccc1F)N[C@@H]1CCC[C@@H]1CO. The monoisotopic (exact) mass is 330 g/mol. The number of amides is 2. The van der Waals surface area contributed by atoms with Crippen molar-refractivity contribution in [3.05, 3.63) is 28.5 Å². The van der Waals surface area contributed by atoms with E-state index in [2.05, 4.69) is 26.6 Å². The molecular formula is C13H16BrFN2O2. The Morgan fingerprint density at radius 1 is 1.47 bits per heavy atom. The summed E-state index contributed by atoms with van der Waals surface area (Å²) in [6.07, 6.45) is 2.74. The summed E-state index contributed by atoms with van der Waals surface area (Å²) in [4.78, 5) is 11.8. The molecule has 0 spiro atoms. The highest BCUT2D eigenvalue weighted by Crippen LogP contribution is 2.25. The fourth-order valence-corrected chi connectivity index (χ4v) is 2.73. The quantitative estimate of drug-likeness (QED) is 0.798. The Morgan fingerprint density at radius 3 is 3.00 bits per heavy atom. The van der Waals surface area contributed by atoms with Gasteiger partial charge in [-0.1, -0.05) is 22.4 Å². The van der Waals surface area contributed by atoms with Gasteiger partial charge in [0.15, 0.2) is 0 Å².